The molecule has 2 saturated heterocycles. The van der Waals surface area contributed by atoms with Gasteiger partial charge in [0.15, 0.2) is 0 Å². The minimum atomic E-state index is -0.292. The number of imidazole rings is 1. The summed E-state index contributed by atoms with van der Waals surface area (Å²) in [6.07, 6.45) is 5.63. The number of hydrogen-bond acceptors (Lipinski definition) is 5. The summed E-state index contributed by atoms with van der Waals surface area (Å²) in [6, 6.07) is 6.19. The molecule has 1 unspecified atom stereocenters. The number of ether oxygens (including phenoxy) is 2. The molecule has 2 aliphatic rings. The van der Waals surface area contributed by atoms with Crippen LogP contribution in [0.5, 0.6) is 5.75 Å². The van der Waals surface area contributed by atoms with Crippen LogP contribution in [0.25, 0.3) is 0 Å². The Morgan fingerprint density at radius 1 is 1.20 bits per heavy atom. The van der Waals surface area contributed by atoms with Gasteiger partial charge in [0.1, 0.15) is 36.7 Å². The molecule has 7 nitrogen and oxygen atoms in total. The molecule has 3 heterocycles. The van der Waals surface area contributed by atoms with Crippen LogP contribution in [0, 0.1) is 12.7 Å². The van der Waals surface area contributed by atoms with Crippen molar-refractivity contribution in [1.82, 2.24) is 19.4 Å². The third-order valence-corrected chi connectivity index (χ3v) is 5.99. The van der Waals surface area contributed by atoms with E-state index in [2.05, 4.69) is 14.5 Å². The monoisotopic (exact) mass is 416 g/mol. The number of nitrogens with zero attached hydrogens (tertiary/aromatic N) is 4. The van der Waals surface area contributed by atoms with Crippen molar-refractivity contribution in [3.8, 4) is 5.75 Å². The van der Waals surface area contributed by atoms with E-state index in [9.17, 15) is 9.18 Å². The Labute approximate surface area is 176 Å². The number of morpholine rings is 1. The molecule has 0 radical (unpaired) electrons. The summed E-state index contributed by atoms with van der Waals surface area (Å²) in [4.78, 5) is 21.1. The van der Waals surface area contributed by atoms with Crippen LogP contribution in [0.2, 0.25) is 0 Å². The highest BCUT2D eigenvalue weighted by molar-refractivity contribution is 5.78. The van der Waals surface area contributed by atoms with Crippen molar-refractivity contribution in [1.29, 1.82) is 0 Å². The summed E-state index contributed by atoms with van der Waals surface area (Å²) in [5.41, 5.74) is 0. The zero-order valence-corrected chi connectivity index (χ0v) is 17.4. The topological polar surface area (TPSA) is 59.8 Å². The Balaban J connectivity index is 1.23. The molecule has 1 aromatic carbocycles. The van der Waals surface area contributed by atoms with Crippen molar-refractivity contribution in [2.75, 3.05) is 39.4 Å². The molecular weight excluding hydrogens is 387 g/mol. The molecule has 162 valence electrons. The van der Waals surface area contributed by atoms with Gasteiger partial charge in [-0.1, -0.05) is 0 Å². The molecule has 0 bridgehead atoms. The summed E-state index contributed by atoms with van der Waals surface area (Å²) >= 11 is 0. The Morgan fingerprint density at radius 2 is 1.97 bits per heavy atom. The minimum absolute atomic E-state index is 0.0560. The van der Waals surface area contributed by atoms with E-state index in [4.69, 9.17) is 9.47 Å². The summed E-state index contributed by atoms with van der Waals surface area (Å²) in [7, 11) is 0. The van der Waals surface area contributed by atoms with Gasteiger partial charge in [-0.25, -0.2) is 9.37 Å². The largest absolute Gasteiger partial charge is 0.491 e. The maximum absolute atomic E-state index is 13.0. The first kappa shape index (κ1) is 20.8. The van der Waals surface area contributed by atoms with Gasteiger partial charge in [-0.15, -0.1) is 0 Å². The first-order chi connectivity index (χ1) is 14.6. The first-order valence-electron chi connectivity index (χ1n) is 10.6. The third-order valence-electron chi connectivity index (χ3n) is 5.99. The fraction of sp³-hybridized carbons (Fsp3) is 0.545. The Bertz CT molecular complexity index is 833. The lowest BCUT2D eigenvalue weighted by atomic mass is 10.0. The second kappa shape index (κ2) is 9.57. The zero-order chi connectivity index (χ0) is 20.9. The van der Waals surface area contributed by atoms with Gasteiger partial charge >= 0.3 is 0 Å². The summed E-state index contributed by atoms with van der Waals surface area (Å²) in [5.74, 6) is 1.41. The summed E-state index contributed by atoms with van der Waals surface area (Å²) in [5, 5.41) is 0. The van der Waals surface area contributed by atoms with Crippen LogP contribution >= 0.6 is 0 Å². The Kier molecular flexibility index (Phi) is 6.64. The molecule has 1 aromatic heterocycles. The number of amides is 1. The van der Waals surface area contributed by atoms with Crippen LogP contribution in [0.1, 0.15) is 18.7 Å². The highest BCUT2D eigenvalue weighted by atomic mass is 19.1. The molecule has 4 rings (SSSR count). The van der Waals surface area contributed by atoms with Crippen molar-refractivity contribution in [3.05, 3.63) is 48.3 Å². The van der Waals surface area contributed by atoms with E-state index in [0.717, 1.165) is 44.8 Å². The average molecular weight is 416 g/mol. The van der Waals surface area contributed by atoms with E-state index < -0.39 is 0 Å². The molecule has 0 saturated carbocycles. The molecule has 1 amide bonds. The maximum atomic E-state index is 13.0. The number of benzene rings is 1. The lowest BCUT2D eigenvalue weighted by Crippen LogP contribution is -2.55. The van der Waals surface area contributed by atoms with Crippen molar-refractivity contribution < 1.29 is 18.7 Å². The Morgan fingerprint density at radius 3 is 2.67 bits per heavy atom. The van der Waals surface area contributed by atoms with Crippen LogP contribution in [0.15, 0.2) is 36.7 Å². The number of halogens is 1. The quantitative estimate of drug-likeness (QED) is 0.692. The highest BCUT2D eigenvalue weighted by Gasteiger charge is 2.33. The Hall–Kier alpha value is -2.45. The molecule has 8 heteroatoms. The van der Waals surface area contributed by atoms with Gasteiger partial charge < -0.3 is 23.8 Å². The predicted molar refractivity (Wildman–Crippen MR) is 110 cm³/mol. The van der Waals surface area contributed by atoms with Crippen molar-refractivity contribution in [3.63, 3.8) is 0 Å². The first-order valence-corrected chi connectivity index (χ1v) is 10.6. The fourth-order valence-corrected chi connectivity index (χ4v) is 4.16. The average Bonchev–Trinajstić information content (AvgIpc) is 3.18. The lowest BCUT2D eigenvalue weighted by Gasteiger charge is -2.42. The van der Waals surface area contributed by atoms with Crippen LogP contribution < -0.4 is 4.74 Å². The molecular formula is C22H29FN4O3. The standard InChI is InChI=1S/C22H29FN4O3/c1-17-24-8-11-26(17)13-12-25-9-6-19(7-10-25)27-14-21(30-16-22(27)28)15-29-20-4-2-18(23)3-5-20/h2-5,8,11,19,21H,6-7,9-10,12-16H2,1H3. The normalized spacial score (nSPS) is 21.2. The van der Waals surface area contributed by atoms with Gasteiger partial charge in [0.05, 0.1) is 6.54 Å². The zero-order valence-electron chi connectivity index (χ0n) is 17.4. The number of aromatic nitrogens is 2. The molecule has 1 atom stereocenters. The number of piperidine rings is 1. The van der Waals surface area contributed by atoms with Crippen LogP contribution in [0.3, 0.4) is 0 Å². The number of hydrogen-bond donors (Lipinski definition) is 0. The summed E-state index contributed by atoms with van der Waals surface area (Å²) in [6.45, 7) is 6.91. The van der Waals surface area contributed by atoms with E-state index in [1.165, 1.54) is 12.1 Å². The smallest absolute Gasteiger partial charge is 0.248 e. The highest BCUT2D eigenvalue weighted by Crippen LogP contribution is 2.21. The summed E-state index contributed by atoms with van der Waals surface area (Å²) < 4.78 is 26.6. The van der Waals surface area contributed by atoms with Crippen molar-refractivity contribution in [2.45, 2.75) is 38.5 Å². The molecule has 30 heavy (non-hydrogen) atoms. The molecule has 0 N–H and O–H groups in total. The fourth-order valence-electron chi connectivity index (χ4n) is 4.16. The minimum Gasteiger partial charge on any atom is -0.491 e. The molecule has 2 fully saturated rings. The van der Waals surface area contributed by atoms with Crippen LogP contribution in [0.4, 0.5) is 4.39 Å². The van der Waals surface area contributed by atoms with E-state index in [1.807, 2.05) is 24.2 Å². The molecule has 0 aliphatic carbocycles. The van der Waals surface area contributed by atoms with E-state index in [0.29, 0.717) is 18.9 Å². The second-order valence-electron chi connectivity index (χ2n) is 7.98. The number of aryl methyl sites for hydroxylation is 1. The van der Waals surface area contributed by atoms with Crippen molar-refractivity contribution in [2.24, 2.45) is 0 Å². The predicted octanol–water partition coefficient (Wildman–Crippen LogP) is 2.10. The van der Waals surface area contributed by atoms with E-state index >= 15 is 0 Å². The number of rotatable bonds is 7. The van der Waals surface area contributed by atoms with Crippen LogP contribution in [-0.4, -0.2) is 76.8 Å². The van der Waals surface area contributed by atoms with E-state index in [-0.39, 0.29) is 30.5 Å². The van der Waals surface area contributed by atoms with Crippen molar-refractivity contribution >= 4 is 5.91 Å². The number of carbonyl (C=O) groups excluding carboxylic acids is 1. The van der Waals surface area contributed by atoms with Gasteiger partial charge in [-0.2, -0.15) is 0 Å². The van der Waals surface area contributed by atoms with Gasteiger partial charge in [0, 0.05) is 44.6 Å². The maximum Gasteiger partial charge on any atom is 0.248 e. The van der Waals surface area contributed by atoms with Gasteiger partial charge in [0.25, 0.3) is 0 Å². The van der Waals surface area contributed by atoms with Gasteiger partial charge in [0.2, 0.25) is 5.91 Å². The van der Waals surface area contributed by atoms with E-state index in [1.54, 1.807) is 12.1 Å². The van der Waals surface area contributed by atoms with Gasteiger partial charge in [-0.3, -0.25) is 4.79 Å². The molecule has 2 aromatic rings. The number of likely N-dealkylation sites (tertiary alicyclic amines) is 1. The SMILES string of the molecule is Cc1nccn1CCN1CCC(N2CC(COc3ccc(F)cc3)OCC2=O)CC1. The molecule has 0 spiro atoms. The lowest BCUT2D eigenvalue weighted by molar-refractivity contribution is -0.155. The van der Waals surface area contributed by atoms with Gasteiger partial charge in [-0.05, 0) is 44.0 Å². The second-order valence-corrected chi connectivity index (χ2v) is 7.98. The number of carbonyl (C=O) groups is 1. The molecule has 2 aliphatic heterocycles. The van der Waals surface area contributed by atoms with Crippen LogP contribution in [-0.2, 0) is 16.1 Å². The third kappa shape index (κ3) is 5.17.